The first-order valence-electron chi connectivity index (χ1n) is 6.74. The summed E-state index contributed by atoms with van der Waals surface area (Å²) in [4.78, 5) is 12.3. The molecule has 2 N–H and O–H groups in total. The van der Waals surface area contributed by atoms with Crippen molar-refractivity contribution in [3.63, 3.8) is 0 Å². The van der Waals surface area contributed by atoms with Gasteiger partial charge in [0.25, 0.3) is 0 Å². The fourth-order valence-electron chi connectivity index (χ4n) is 1.91. The Morgan fingerprint density at radius 3 is 1.79 bits per heavy atom. The molecule has 0 saturated carbocycles. The van der Waals surface area contributed by atoms with Crippen LogP contribution in [0.2, 0.25) is 0 Å². The average Bonchev–Trinajstić information content (AvgIpc) is 2.62. The molecule has 6 nitrogen and oxygen atoms in total. The number of carbonyl (C=O) groups is 1. The number of anilines is 1. The van der Waals surface area contributed by atoms with Crippen molar-refractivity contribution in [2.75, 3.05) is 5.32 Å². The lowest BCUT2D eigenvalue weighted by molar-refractivity contribution is 0.103. The van der Waals surface area contributed by atoms with E-state index in [1.807, 2.05) is 0 Å². The van der Waals surface area contributed by atoms with Crippen molar-refractivity contribution < 1.29 is 9.90 Å². The number of nitrogens with zero attached hydrogens (tertiary/aromatic N) is 3. The summed E-state index contributed by atoms with van der Waals surface area (Å²) in [5, 5.41) is 38.5. The summed E-state index contributed by atoms with van der Waals surface area (Å²) in [6, 6.07) is 17.2. The van der Waals surface area contributed by atoms with Crippen LogP contribution in [0.15, 0.2) is 59.8 Å². The predicted octanol–water partition coefficient (Wildman–Crippen LogP) is 2.86. The molecule has 2 aromatic rings. The first-order chi connectivity index (χ1) is 11.6. The molecule has 0 atom stereocenters. The monoisotopic (exact) mass is 314 g/mol. The predicted molar refractivity (Wildman–Crippen MR) is 85.5 cm³/mol. The molecule has 114 valence electrons. The molecule has 0 aliphatic carbocycles. The van der Waals surface area contributed by atoms with Crippen molar-refractivity contribution in [1.82, 2.24) is 0 Å². The Bertz CT molecular complexity index is 905. The molecule has 0 aliphatic rings. The van der Waals surface area contributed by atoms with Gasteiger partial charge in [0.1, 0.15) is 29.7 Å². The molecular weight excluding hydrogens is 304 g/mol. The average molecular weight is 314 g/mol. The van der Waals surface area contributed by atoms with E-state index in [4.69, 9.17) is 15.8 Å². The number of phenols is 1. The molecule has 0 spiro atoms. The maximum absolute atomic E-state index is 12.3. The van der Waals surface area contributed by atoms with Gasteiger partial charge in [0.05, 0.1) is 0 Å². The number of phenolic OH excluding ortho intramolecular Hbond substituents is 1. The van der Waals surface area contributed by atoms with Gasteiger partial charge in [-0.05, 0) is 48.5 Å². The van der Waals surface area contributed by atoms with Crippen LogP contribution >= 0.6 is 0 Å². The molecule has 0 saturated heterocycles. The molecule has 2 rings (SSSR count). The highest BCUT2D eigenvalue weighted by molar-refractivity contribution is 6.09. The topological polar surface area (TPSA) is 121 Å². The highest BCUT2D eigenvalue weighted by atomic mass is 16.3. The first kappa shape index (κ1) is 16.3. The first-order valence-corrected chi connectivity index (χ1v) is 6.74. The number of hydrogen-bond acceptors (Lipinski definition) is 6. The Labute approximate surface area is 138 Å². The highest BCUT2D eigenvalue weighted by Crippen LogP contribution is 2.17. The summed E-state index contributed by atoms with van der Waals surface area (Å²) in [6.45, 7) is 0. The highest BCUT2D eigenvalue weighted by Gasteiger charge is 2.10. The van der Waals surface area contributed by atoms with Gasteiger partial charge in [-0.25, -0.2) is 0 Å². The van der Waals surface area contributed by atoms with Crippen LogP contribution in [0, 0.1) is 34.0 Å². The quantitative estimate of drug-likeness (QED) is 0.661. The van der Waals surface area contributed by atoms with Crippen LogP contribution in [-0.2, 0) is 0 Å². The van der Waals surface area contributed by atoms with Crippen LogP contribution in [-0.4, -0.2) is 10.9 Å². The largest absolute Gasteiger partial charge is 0.508 e. The lowest BCUT2D eigenvalue weighted by Gasteiger charge is -2.06. The second kappa shape index (κ2) is 7.26. The van der Waals surface area contributed by atoms with E-state index in [0.717, 1.165) is 0 Å². The maximum atomic E-state index is 12.3. The molecule has 0 heterocycles. The molecule has 0 aliphatic heterocycles. The summed E-state index contributed by atoms with van der Waals surface area (Å²) in [5.74, 6) is -0.139. The zero-order chi connectivity index (χ0) is 17.5. The standard InChI is InChI=1S/C18H10N4O2/c19-9-14(10-20)17(11-21)22-15-5-1-12(2-6-15)18(24)13-3-7-16(23)8-4-13/h1-8,22-23H. The third-order valence-corrected chi connectivity index (χ3v) is 3.13. The minimum Gasteiger partial charge on any atom is -0.508 e. The van der Waals surface area contributed by atoms with Gasteiger partial charge in [0.15, 0.2) is 11.4 Å². The zero-order valence-corrected chi connectivity index (χ0v) is 12.3. The van der Waals surface area contributed by atoms with Crippen molar-refractivity contribution in [2.24, 2.45) is 0 Å². The van der Waals surface area contributed by atoms with Crippen LogP contribution in [0.3, 0.4) is 0 Å². The second-order valence-electron chi connectivity index (χ2n) is 4.66. The summed E-state index contributed by atoms with van der Waals surface area (Å²) >= 11 is 0. The smallest absolute Gasteiger partial charge is 0.193 e. The third-order valence-electron chi connectivity index (χ3n) is 3.13. The van der Waals surface area contributed by atoms with Crippen molar-refractivity contribution in [2.45, 2.75) is 0 Å². The van der Waals surface area contributed by atoms with E-state index < -0.39 is 0 Å². The van der Waals surface area contributed by atoms with E-state index in [1.165, 1.54) is 24.3 Å². The van der Waals surface area contributed by atoms with Crippen molar-refractivity contribution in [3.8, 4) is 24.0 Å². The van der Waals surface area contributed by atoms with Gasteiger partial charge in [-0.15, -0.1) is 0 Å². The Morgan fingerprint density at radius 2 is 1.33 bits per heavy atom. The Morgan fingerprint density at radius 1 is 0.833 bits per heavy atom. The SMILES string of the molecule is N#CC(C#N)=C(C#N)Nc1ccc(C(=O)c2ccc(O)cc2)cc1. The number of ketones is 1. The molecule has 0 fully saturated rings. The second-order valence-corrected chi connectivity index (χ2v) is 4.66. The normalized spacial score (nSPS) is 9.04. The van der Waals surface area contributed by atoms with Gasteiger partial charge in [-0.1, -0.05) is 0 Å². The molecule has 24 heavy (non-hydrogen) atoms. The van der Waals surface area contributed by atoms with E-state index in [0.29, 0.717) is 16.8 Å². The molecule has 0 radical (unpaired) electrons. The molecule has 6 heteroatoms. The molecule has 0 amide bonds. The van der Waals surface area contributed by atoms with Gasteiger partial charge in [-0.3, -0.25) is 4.79 Å². The minimum atomic E-state index is -0.318. The van der Waals surface area contributed by atoms with Gasteiger partial charge in [-0.2, -0.15) is 15.8 Å². The number of carbonyl (C=O) groups excluding carboxylic acids is 1. The van der Waals surface area contributed by atoms with Gasteiger partial charge < -0.3 is 10.4 Å². The minimum absolute atomic E-state index is 0.0766. The van der Waals surface area contributed by atoms with Crippen LogP contribution in [0.25, 0.3) is 0 Å². The molecule has 2 aromatic carbocycles. The summed E-state index contributed by atoms with van der Waals surface area (Å²) in [6.07, 6.45) is 0. The Hall–Kier alpha value is -4.08. The zero-order valence-electron chi connectivity index (χ0n) is 12.3. The molecule has 0 aromatic heterocycles. The number of benzene rings is 2. The van der Waals surface area contributed by atoms with Crippen LogP contribution in [0.5, 0.6) is 5.75 Å². The van der Waals surface area contributed by atoms with Crippen LogP contribution in [0.1, 0.15) is 15.9 Å². The maximum Gasteiger partial charge on any atom is 0.193 e. The van der Waals surface area contributed by atoms with Gasteiger partial charge in [0.2, 0.25) is 0 Å². The number of nitriles is 3. The molecule has 0 bridgehead atoms. The summed E-state index contributed by atoms with van der Waals surface area (Å²) in [5.41, 5.74) is 0.855. The number of rotatable bonds is 4. The van der Waals surface area contributed by atoms with Gasteiger partial charge in [0, 0.05) is 16.8 Å². The Balaban J connectivity index is 2.23. The van der Waals surface area contributed by atoms with Crippen molar-refractivity contribution >= 4 is 11.5 Å². The fourth-order valence-corrected chi connectivity index (χ4v) is 1.91. The molecular formula is C18H10N4O2. The summed E-state index contributed by atoms with van der Waals surface area (Å²) in [7, 11) is 0. The summed E-state index contributed by atoms with van der Waals surface area (Å²) < 4.78 is 0. The Kier molecular flexibility index (Phi) is 4.93. The lowest BCUT2D eigenvalue weighted by Crippen LogP contribution is -2.03. The van der Waals surface area contributed by atoms with Crippen LogP contribution < -0.4 is 5.32 Å². The number of hydrogen-bond donors (Lipinski definition) is 2. The lowest BCUT2D eigenvalue weighted by atomic mass is 10.0. The third kappa shape index (κ3) is 3.57. The number of aromatic hydroxyl groups is 1. The van der Waals surface area contributed by atoms with E-state index >= 15 is 0 Å². The van der Waals surface area contributed by atoms with Crippen LogP contribution in [0.4, 0.5) is 5.69 Å². The molecule has 0 unspecified atom stereocenters. The van der Waals surface area contributed by atoms with E-state index in [1.54, 1.807) is 42.5 Å². The number of allylic oxidation sites excluding steroid dienone is 2. The van der Waals surface area contributed by atoms with Crippen molar-refractivity contribution in [1.29, 1.82) is 15.8 Å². The van der Waals surface area contributed by atoms with E-state index in [2.05, 4.69) is 5.32 Å². The van der Waals surface area contributed by atoms with E-state index in [9.17, 15) is 9.90 Å². The van der Waals surface area contributed by atoms with Gasteiger partial charge >= 0.3 is 0 Å². The number of nitrogens with one attached hydrogen (secondary N) is 1. The van der Waals surface area contributed by atoms with E-state index in [-0.39, 0.29) is 22.8 Å². The van der Waals surface area contributed by atoms with Crippen molar-refractivity contribution in [3.05, 3.63) is 70.9 Å². The fraction of sp³-hybridized carbons (Fsp3) is 0.